The number of nitrogens with zero attached hydrogens (tertiary/aromatic N) is 1. The molecular formula is C8H19NO4S. The highest BCUT2D eigenvalue weighted by atomic mass is 32.2. The quantitative estimate of drug-likeness (QED) is 0.602. The summed E-state index contributed by atoms with van der Waals surface area (Å²) in [5.74, 6) is 0. The van der Waals surface area contributed by atoms with Crippen molar-refractivity contribution in [2.45, 2.75) is 18.6 Å². The van der Waals surface area contributed by atoms with Crippen LogP contribution in [0.25, 0.3) is 0 Å². The zero-order valence-electron chi connectivity index (χ0n) is 8.93. The molecule has 0 saturated carbocycles. The second-order valence-electron chi connectivity index (χ2n) is 3.21. The molecule has 0 bridgehead atoms. The lowest BCUT2D eigenvalue weighted by atomic mass is 10.5. The van der Waals surface area contributed by atoms with Crippen LogP contribution in [0.4, 0.5) is 0 Å². The Morgan fingerprint density at radius 3 is 2.50 bits per heavy atom. The fourth-order valence-electron chi connectivity index (χ4n) is 0.960. The average Bonchev–Trinajstić information content (AvgIpc) is 2.16. The summed E-state index contributed by atoms with van der Waals surface area (Å²) >= 11 is 0. The Balaban J connectivity index is 4.15. The molecule has 1 atom stereocenters. The predicted molar refractivity (Wildman–Crippen MR) is 54.6 cm³/mol. The van der Waals surface area contributed by atoms with E-state index >= 15 is 0 Å². The van der Waals surface area contributed by atoms with E-state index in [9.17, 15) is 8.42 Å². The van der Waals surface area contributed by atoms with Gasteiger partial charge in [-0.1, -0.05) is 0 Å². The van der Waals surface area contributed by atoms with E-state index in [2.05, 4.69) is 0 Å². The van der Waals surface area contributed by atoms with Crippen LogP contribution in [0, 0.1) is 0 Å². The van der Waals surface area contributed by atoms with Gasteiger partial charge in [0.25, 0.3) is 0 Å². The number of aliphatic hydroxyl groups is 1. The molecule has 0 aromatic heterocycles. The van der Waals surface area contributed by atoms with Gasteiger partial charge in [0, 0.05) is 27.3 Å². The van der Waals surface area contributed by atoms with Gasteiger partial charge in [-0.3, -0.25) is 0 Å². The molecule has 0 amide bonds. The first-order valence-corrected chi connectivity index (χ1v) is 6.02. The maximum Gasteiger partial charge on any atom is 0.218 e. The van der Waals surface area contributed by atoms with Crippen LogP contribution in [0.5, 0.6) is 0 Å². The van der Waals surface area contributed by atoms with Crippen molar-refractivity contribution in [3.05, 3.63) is 0 Å². The highest BCUT2D eigenvalue weighted by Crippen LogP contribution is 2.06. The van der Waals surface area contributed by atoms with Gasteiger partial charge in [0.1, 0.15) is 0 Å². The Morgan fingerprint density at radius 1 is 1.50 bits per heavy atom. The lowest BCUT2D eigenvalue weighted by molar-refractivity contribution is 0.189. The van der Waals surface area contributed by atoms with Crippen molar-refractivity contribution in [2.24, 2.45) is 0 Å². The van der Waals surface area contributed by atoms with E-state index in [1.807, 2.05) is 0 Å². The summed E-state index contributed by atoms with van der Waals surface area (Å²) in [7, 11) is -0.256. The van der Waals surface area contributed by atoms with Gasteiger partial charge in [0.15, 0.2) is 0 Å². The minimum atomic E-state index is -3.34. The van der Waals surface area contributed by atoms with Crippen LogP contribution in [0.1, 0.15) is 13.3 Å². The molecule has 0 saturated heterocycles. The summed E-state index contributed by atoms with van der Waals surface area (Å²) < 4.78 is 29.2. The van der Waals surface area contributed by atoms with E-state index in [1.165, 1.54) is 18.3 Å². The SMILES string of the molecule is COCCCN(C)S(=O)(=O)C(C)CO. The maximum absolute atomic E-state index is 11.6. The number of hydrogen-bond acceptors (Lipinski definition) is 4. The van der Waals surface area contributed by atoms with Crippen molar-refractivity contribution in [2.75, 3.05) is 33.9 Å². The summed E-state index contributed by atoms with van der Waals surface area (Å²) in [5.41, 5.74) is 0. The molecule has 0 fully saturated rings. The number of sulfonamides is 1. The Labute approximate surface area is 85.7 Å². The third kappa shape index (κ3) is 3.91. The fourth-order valence-corrected chi connectivity index (χ4v) is 2.15. The molecule has 1 unspecified atom stereocenters. The molecule has 0 aliphatic rings. The lowest BCUT2D eigenvalue weighted by Gasteiger charge is -2.20. The molecular weight excluding hydrogens is 206 g/mol. The molecule has 1 N–H and O–H groups in total. The van der Waals surface area contributed by atoms with Gasteiger partial charge in [-0.2, -0.15) is 0 Å². The molecule has 0 heterocycles. The first kappa shape index (κ1) is 13.8. The van der Waals surface area contributed by atoms with E-state index in [0.717, 1.165) is 0 Å². The smallest absolute Gasteiger partial charge is 0.218 e. The third-order valence-corrected chi connectivity index (χ3v) is 4.24. The topological polar surface area (TPSA) is 66.8 Å². The molecule has 0 aliphatic carbocycles. The van der Waals surface area contributed by atoms with Crippen LogP contribution in [-0.4, -0.2) is 57.0 Å². The van der Waals surface area contributed by atoms with E-state index in [1.54, 1.807) is 7.11 Å². The minimum absolute atomic E-state index is 0.350. The van der Waals surface area contributed by atoms with Crippen LogP contribution in [0.2, 0.25) is 0 Å². The summed E-state index contributed by atoms with van der Waals surface area (Å²) in [4.78, 5) is 0. The van der Waals surface area contributed by atoms with Gasteiger partial charge in [0.05, 0.1) is 11.9 Å². The standard InChI is InChI=1S/C8H19NO4S/c1-8(7-10)14(11,12)9(2)5-4-6-13-3/h8,10H,4-7H2,1-3H3. The van der Waals surface area contributed by atoms with Crippen molar-refractivity contribution < 1.29 is 18.3 Å². The molecule has 14 heavy (non-hydrogen) atoms. The summed E-state index contributed by atoms with van der Waals surface area (Å²) in [6.07, 6.45) is 0.657. The number of ether oxygens (including phenoxy) is 1. The number of aliphatic hydroxyl groups excluding tert-OH is 1. The molecule has 0 aromatic rings. The monoisotopic (exact) mass is 225 g/mol. The van der Waals surface area contributed by atoms with Crippen LogP contribution in [0.15, 0.2) is 0 Å². The number of hydrogen-bond donors (Lipinski definition) is 1. The molecule has 6 heteroatoms. The van der Waals surface area contributed by atoms with Gasteiger partial charge >= 0.3 is 0 Å². The van der Waals surface area contributed by atoms with Gasteiger partial charge < -0.3 is 9.84 Å². The highest BCUT2D eigenvalue weighted by molar-refractivity contribution is 7.89. The van der Waals surface area contributed by atoms with Crippen LogP contribution >= 0.6 is 0 Å². The number of methoxy groups -OCH3 is 1. The molecule has 0 aliphatic heterocycles. The van der Waals surface area contributed by atoms with Gasteiger partial charge in [-0.25, -0.2) is 12.7 Å². The Bertz CT molecular complexity index is 240. The highest BCUT2D eigenvalue weighted by Gasteiger charge is 2.24. The maximum atomic E-state index is 11.6. The predicted octanol–water partition coefficient (Wildman–Crippen LogP) is -0.335. The zero-order chi connectivity index (χ0) is 11.2. The van der Waals surface area contributed by atoms with Gasteiger partial charge in [-0.05, 0) is 13.3 Å². The van der Waals surface area contributed by atoms with Crippen LogP contribution in [0.3, 0.4) is 0 Å². The van der Waals surface area contributed by atoms with Crippen molar-refractivity contribution in [3.63, 3.8) is 0 Å². The fraction of sp³-hybridized carbons (Fsp3) is 1.00. The first-order valence-electron chi connectivity index (χ1n) is 4.51. The molecule has 86 valence electrons. The molecule has 5 nitrogen and oxygen atoms in total. The molecule has 0 spiro atoms. The first-order chi connectivity index (χ1) is 6.46. The van der Waals surface area contributed by atoms with Crippen molar-refractivity contribution >= 4 is 10.0 Å². The second-order valence-corrected chi connectivity index (χ2v) is 5.66. The molecule has 0 rings (SSSR count). The van der Waals surface area contributed by atoms with Crippen LogP contribution in [-0.2, 0) is 14.8 Å². The normalized spacial score (nSPS) is 14.6. The third-order valence-electron chi connectivity index (χ3n) is 2.02. The van der Waals surface area contributed by atoms with Crippen molar-refractivity contribution in [1.29, 1.82) is 0 Å². The van der Waals surface area contributed by atoms with E-state index in [0.29, 0.717) is 19.6 Å². The second kappa shape index (κ2) is 6.34. The largest absolute Gasteiger partial charge is 0.395 e. The Hall–Kier alpha value is -0.170. The van der Waals surface area contributed by atoms with Crippen LogP contribution < -0.4 is 0 Å². The molecule has 0 radical (unpaired) electrons. The van der Waals surface area contributed by atoms with Gasteiger partial charge in [0.2, 0.25) is 10.0 Å². The summed E-state index contributed by atoms with van der Waals surface area (Å²) in [5, 5.41) is 8.02. The zero-order valence-corrected chi connectivity index (χ0v) is 9.75. The lowest BCUT2D eigenvalue weighted by Crippen LogP contribution is -2.37. The minimum Gasteiger partial charge on any atom is -0.395 e. The van der Waals surface area contributed by atoms with Crippen molar-refractivity contribution in [1.82, 2.24) is 4.31 Å². The average molecular weight is 225 g/mol. The van der Waals surface area contributed by atoms with E-state index < -0.39 is 15.3 Å². The van der Waals surface area contributed by atoms with E-state index in [4.69, 9.17) is 9.84 Å². The molecule has 0 aromatic carbocycles. The van der Waals surface area contributed by atoms with Gasteiger partial charge in [-0.15, -0.1) is 0 Å². The summed E-state index contributed by atoms with van der Waals surface area (Å²) in [6, 6.07) is 0. The Kier molecular flexibility index (Phi) is 6.26. The Morgan fingerprint density at radius 2 is 2.07 bits per heavy atom. The number of rotatable bonds is 7. The van der Waals surface area contributed by atoms with E-state index in [-0.39, 0.29) is 6.61 Å². The summed E-state index contributed by atoms with van der Waals surface area (Å²) in [6.45, 7) is 2.09. The van der Waals surface area contributed by atoms with Crippen molar-refractivity contribution in [3.8, 4) is 0 Å².